The van der Waals surface area contributed by atoms with E-state index in [2.05, 4.69) is 68.9 Å². The Hall–Kier alpha value is -3.43. The number of rotatable bonds is 7. The molecule has 8 nitrogen and oxygen atoms in total. The molecule has 0 bridgehead atoms. The number of hydrogen-bond acceptors (Lipinski definition) is 7. The minimum Gasteiger partial charge on any atom is -0.383 e. The highest BCUT2D eigenvalue weighted by molar-refractivity contribution is 7.97. The van der Waals surface area contributed by atoms with Gasteiger partial charge in [-0.05, 0) is 90.4 Å². The third-order valence-corrected chi connectivity index (χ3v) is 7.24. The summed E-state index contributed by atoms with van der Waals surface area (Å²) in [5.41, 5.74) is 13.1. The van der Waals surface area contributed by atoms with Crippen molar-refractivity contribution in [3.8, 4) is 0 Å². The second-order valence-corrected chi connectivity index (χ2v) is 9.91. The average molecular weight is 471 g/mol. The summed E-state index contributed by atoms with van der Waals surface area (Å²) in [6.07, 6.45) is 10.6. The van der Waals surface area contributed by atoms with E-state index >= 15 is 0 Å². The van der Waals surface area contributed by atoms with Crippen LogP contribution in [-0.4, -0.2) is 29.4 Å². The van der Waals surface area contributed by atoms with E-state index in [-0.39, 0.29) is 0 Å². The summed E-state index contributed by atoms with van der Waals surface area (Å²) in [6, 6.07) is 8.44. The Morgan fingerprint density at radius 3 is 2.85 bits per heavy atom. The Morgan fingerprint density at radius 1 is 1.12 bits per heavy atom. The molecule has 0 amide bonds. The number of hydrogen-bond donors (Lipinski definition) is 2. The molecule has 3 N–H and O–H groups in total. The largest absolute Gasteiger partial charge is 0.383 e. The van der Waals surface area contributed by atoms with Gasteiger partial charge in [-0.3, -0.25) is 4.72 Å². The van der Waals surface area contributed by atoms with Gasteiger partial charge in [-0.1, -0.05) is 11.3 Å². The normalized spacial score (nSPS) is 13.8. The molecule has 1 aliphatic carbocycles. The van der Waals surface area contributed by atoms with Gasteiger partial charge in [0.2, 0.25) is 0 Å². The molecule has 0 atom stereocenters. The second kappa shape index (κ2) is 8.41. The quantitative estimate of drug-likeness (QED) is 0.340. The summed E-state index contributed by atoms with van der Waals surface area (Å²) in [6.45, 7) is 5.55. The summed E-state index contributed by atoms with van der Waals surface area (Å²) < 4.78 is 7.38. The van der Waals surface area contributed by atoms with Crippen LogP contribution in [0, 0.1) is 13.8 Å². The SMILES string of the molecule is Cc1cc2c(N)nccc2c(C)c1CNSc1cn(Cc2cn3cc(C4CC4)ccc3n2)nn1. The molecule has 1 saturated carbocycles. The van der Waals surface area contributed by atoms with Crippen molar-refractivity contribution >= 4 is 34.2 Å². The van der Waals surface area contributed by atoms with Crippen molar-refractivity contribution < 1.29 is 0 Å². The van der Waals surface area contributed by atoms with E-state index in [1.54, 1.807) is 6.20 Å². The fourth-order valence-electron chi connectivity index (χ4n) is 4.55. The average Bonchev–Trinajstić information content (AvgIpc) is 3.45. The molecule has 6 rings (SSSR count). The zero-order chi connectivity index (χ0) is 23.2. The lowest BCUT2D eigenvalue weighted by Gasteiger charge is -2.14. The molecule has 0 aliphatic heterocycles. The van der Waals surface area contributed by atoms with E-state index in [0.29, 0.717) is 18.9 Å². The first-order valence-corrected chi connectivity index (χ1v) is 12.3. The number of nitrogens with two attached hydrogens (primary N) is 1. The number of nitrogen functional groups attached to an aromatic ring is 1. The fraction of sp³-hybridized carbons (Fsp3) is 0.280. The van der Waals surface area contributed by atoms with Crippen molar-refractivity contribution in [1.29, 1.82) is 0 Å². The Labute approximate surface area is 201 Å². The van der Waals surface area contributed by atoms with Crippen molar-refractivity contribution in [2.24, 2.45) is 0 Å². The molecule has 9 heteroatoms. The summed E-state index contributed by atoms with van der Waals surface area (Å²) in [4.78, 5) is 8.94. The maximum Gasteiger partial charge on any atom is 0.153 e. The number of pyridine rings is 2. The first kappa shape index (κ1) is 21.1. The number of aromatic nitrogens is 6. The molecule has 34 heavy (non-hydrogen) atoms. The molecule has 5 aromatic rings. The predicted molar refractivity (Wildman–Crippen MR) is 135 cm³/mol. The number of nitrogens with one attached hydrogen (secondary N) is 1. The number of aryl methyl sites for hydroxylation is 2. The van der Waals surface area contributed by atoms with Gasteiger partial charge in [-0.15, -0.1) is 5.10 Å². The van der Waals surface area contributed by atoms with Gasteiger partial charge < -0.3 is 10.1 Å². The van der Waals surface area contributed by atoms with Crippen LogP contribution in [0.2, 0.25) is 0 Å². The second-order valence-electron chi connectivity index (χ2n) is 9.00. The van der Waals surface area contributed by atoms with Gasteiger partial charge in [0.05, 0.1) is 18.4 Å². The number of imidazole rings is 1. The molecule has 0 spiro atoms. The van der Waals surface area contributed by atoms with E-state index in [1.807, 2.05) is 16.9 Å². The van der Waals surface area contributed by atoms with Crippen LogP contribution >= 0.6 is 11.9 Å². The Balaban J connectivity index is 1.12. The lowest BCUT2D eigenvalue weighted by molar-refractivity contribution is 0.640. The highest BCUT2D eigenvalue weighted by atomic mass is 32.2. The smallest absolute Gasteiger partial charge is 0.153 e. The van der Waals surface area contributed by atoms with Gasteiger partial charge in [0, 0.05) is 30.5 Å². The van der Waals surface area contributed by atoms with E-state index in [4.69, 9.17) is 10.7 Å². The van der Waals surface area contributed by atoms with Crippen LogP contribution in [0.3, 0.4) is 0 Å². The van der Waals surface area contributed by atoms with E-state index in [1.165, 1.54) is 47.0 Å². The van der Waals surface area contributed by atoms with Gasteiger partial charge in [0.15, 0.2) is 5.03 Å². The van der Waals surface area contributed by atoms with E-state index in [9.17, 15) is 0 Å². The lowest BCUT2D eigenvalue weighted by Crippen LogP contribution is -2.07. The first-order chi connectivity index (χ1) is 16.5. The third kappa shape index (κ3) is 4.01. The monoisotopic (exact) mass is 470 g/mol. The molecule has 0 unspecified atom stereocenters. The highest BCUT2D eigenvalue weighted by Crippen LogP contribution is 2.39. The Morgan fingerprint density at radius 2 is 2.00 bits per heavy atom. The summed E-state index contributed by atoms with van der Waals surface area (Å²) in [5.74, 6) is 1.30. The third-order valence-electron chi connectivity index (χ3n) is 6.55. The van der Waals surface area contributed by atoms with E-state index in [0.717, 1.165) is 33.1 Å². The lowest BCUT2D eigenvalue weighted by atomic mass is 9.96. The van der Waals surface area contributed by atoms with Gasteiger partial charge in [0.1, 0.15) is 11.5 Å². The predicted octanol–water partition coefficient (Wildman–Crippen LogP) is 4.40. The van der Waals surface area contributed by atoms with Crippen LogP contribution in [0.4, 0.5) is 5.82 Å². The number of nitrogens with zero attached hydrogens (tertiary/aromatic N) is 6. The van der Waals surface area contributed by atoms with Crippen molar-refractivity contribution in [3.63, 3.8) is 0 Å². The van der Waals surface area contributed by atoms with Crippen LogP contribution < -0.4 is 10.5 Å². The topological polar surface area (TPSA) is 99.0 Å². The fourth-order valence-corrected chi connectivity index (χ4v) is 5.17. The summed E-state index contributed by atoms with van der Waals surface area (Å²) in [7, 11) is 0. The van der Waals surface area contributed by atoms with Crippen LogP contribution in [0.1, 0.15) is 46.7 Å². The van der Waals surface area contributed by atoms with Crippen LogP contribution in [0.15, 0.2) is 54.1 Å². The van der Waals surface area contributed by atoms with Gasteiger partial charge in [0.25, 0.3) is 0 Å². The molecular weight excluding hydrogens is 444 g/mol. The van der Waals surface area contributed by atoms with Gasteiger partial charge >= 0.3 is 0 Å². The van der Waals surface area contributed by atoms with Crippen molar-refractivity contribution in [2.45, 2.75) is 50.7 Å². The number of anilines is 1. The Bertz CT molecular complexity index is 1510. The number of benzene rings is 1. The molecule has 1 aliphatic rings. The molecule has 4 heterocycles. The molecule has 172 valence electrons. The zero-order valence-corrected chi connectivity index (χ0v) is 20.0. The molecule has 1 fully saturated rings. The van der Waals surface area contributed by atoms with Crippen LogP contribution in [0.25, 0.3) is 16.4 Å². The summed E-state index contributed by atoms with van der Waals surface area (Å²) in [5, 5.41) is 11.6. The molecule has 0 saturated heterocycles. The van der Waals surface area contributed by atoms with Gasteiger partial charge in [-0.2, -0.15) is 0 Å². The van der Waals surface area contributed by atoms with Crippen molar-refractivity contribution in [2.75, 3.05) is 5.73 Å². The maximum absolute atomic E-state index is 6.07. The minimum absolute atomic E-state index is 0.572. The van der Waals surface area contributed by atoms with Crippen molar-refractivity contribution in [3.05, 3.63) is 77.0 Å². The zero-order valence-electron chi connectivity index (χ0n) is 19.2. The number of fused-ring (bicyclic) bond motifs is 2. The Kier molecular flexibility index (Phi) is 5.23. The molecule has 1 aromatic carbocycles. The maximum atomic E-state index is 6.07. The highest BCUT2D eigenvalue weighted by Gasteiger charge is 2.23. The summed E-state index contributed by atoms with van der Waals surface area (Å²) >= 11 is 1.48. The molecule has 4 aromatic heterocycles. The standard InChI is InChI=1S/C25H26N8S/c1-15-9-21-20(7-8-27-25(21)26)16(2)22(15)10-28-34-24-14-33(31-30-24)13-19-12-32-11-18(17-3-4-17)5-6-23(32)29-19/h5-9,11-12,14,17,28H,3-4,10,13H2,1-2H3,(H2,26,27). The van der Waals surface area contributed by atoms with Crippen LogP contribution in [-0.2, 0) is 13.1 Å². The van der Waals surface area contributed by atoms with Gasteiger partial charge in [-0.25, -0.2) is 14.6 Å². The van der Waals surface area contributed by atoms with Crippen LogP contribution in [0.5, 0.6) is 0 Å². The van der Waals surface area contributed by atoms with Crippen molar-refractivity contribution in [1.82, 2.24) is 34.1 Å². The minimum atomic E-state index is 0.572. The molecule has 0 radical (unpaired) electrons. The first-order valence-electron chi connectivity index (χ1n) is 11.5. The molecular formula is C25H26N8S. The van der Waals surface area contributed by atoms with E-state index < -0.39 is 0 Å².